The Kier molecular flexibility index (Phi) is 7.84. The van der Waals surface area contributed by atoms with Crippen LogP contribution in [0.25, 0.3) is 22.6 Å². The summed E-state index contributed by atoms with van der Waals surface area (Å²) in [6.45, 7) is 6.39. The summed E-state index contributed by atoms with van der Waals surface area (Å²) in [5, 5.41) is 7.79. The van der Waals surface area contributed by atoms with Gasteiger partial charge in [0.25, 0.3) is 5.91 Å². The molecule has 1 saturated carbocycles. The number of carbonyl (C=O) groups is 1. The van der Waals surface area contributed by atoms with Crippen molar-refractivity contribution < 1.29 is 9.53 Å². The number of anilines is 2. The molecule has 2 aromatic heterocycles. The van der Waals surface area contributed by atoms with Gasteiger partial charge in [-0.2, -0.15) is 5.10 Å². The monoisotopic (exact) mass is 606 g/mol. The number of carbonyl (C=O) groups excluding carboxylic acids is 1. The number of hydrogen-bond donors (Lipinski definition) is 3. The van der Waals surface area contributed by atoms with Crippen LogP contribution < -0.4 is 14.8 Å². The standard InChI is InChI=1S/C35H38N6O2S/c1-7-31-27(20-37-41(31)26-11-9-8-10-12-26)30-21-40(22-36-30)32-17-24(14-13-23(32)2)34(42)38-28-18-25(35(3)15-16-35)19-29(33(28)43-4)39-44(5)6/h5,8-14,17-22,39,44H,7,15-16H2,1-4,6H3,(H,38,42). The molecule has 1 aliphatic carbocycles. The van der Waals surface area contributed by atoms with Gasteiger partial charge in [-0.15, -0.1) is 16.2 Å². The number of hydrogen-bond acceptors (Lipinski definition) is 5. The highest BCUT2D eigenvalue weighted by Gasteiger charge is 2.40. The number of nitrogens with one attached hydrogen (secondary N) is 2. The molecule has 2 N–H and O–H groups in total. The van der Waals surface area contributed by atoms with Crippen LogP contribution in [0.4, 0.5) is 11.4 Å². The van der Waals surface area contributed by atoms with Gasteiger partial charge in [-0.05, 0) is 85.4 Å². The van der Waals surface area contributed by atoms with Crippen molar-refractivity contribution in [2.24, 2.45) is 0 Å². The van der Waals surface area contributed by atoms with Gasteiger partial charge in [0.1, 0.15) is 0 Å². The first-order valence-corrected chi connectivity index (χ1v) is 16.6. The summed E-state index contributed by atoms with van der Waals surface area (Å²) >= 11 is 0. The molecule has 1 fully saturated rings. The Hall–Kier alpha value is -4.72. The molecule has 1 atom stereocenters. The van der Waals surface area contributed by atoms with E-state index in [0.29, 0.717) is 17.0 Å². The molecule has 6 rings (SSSR count). The van der Waals surface area contributed by atoms with Gasteiger partial charge in [0.15, 0.2) is 5.75 Å². The van der Waals surface area contributed by atoms with Gasteiger partial charge in [0.05, 0.1) is 53.8 Å². The number of ether oxygens (including phenoxy) is 1. The summed E-state index contributed by atoms with van der Waals surface area (Å²) in [6.07, 6.45) is 10.6. The fourth-order valence-electron chi connectivity index (χ4n) is 5.58. The molecular formula is C35H38N6O2S. The number of benzene rings is 3. The first kappa shape index (κ1) is 29.4. The number of nitrogens with zero attached hydrogens (tertiary/aromatic N) is 4. The summed E-state index contributed by atoms with van der Waals surface area (Å²) in [7, 11) is 0.686. The van der Waals surface area contributed by atoms with Crippen LogP contribution in [0.3, 0.4) is 0 Å². The first-order chi connectivity index (χ1) is 21.2. The van der Waals surface area contributed by atoms with E-state index in [-0.39, 0.29) is 11.3 Å². The second kappa shape index (κ2) is 11.8. The molecule has 5 aromatic rings. The quantitative estimate of drug-likeness (QED) is 0.152. The van der Waals surface area contributed by atoms with Crippen LogP contribution in [0.15, 0.2) is 79.4 Å². The van der Waals surface area contributed by atoms with E-state index >= 15 is 0 Å². The maximum Gasteiger partial charge on any atom is 0.255 e. The Morgan fingerprint density at radius 3 is 2.55 bits per heavy atom. The third-order valence-corrected chi connectivity index (χ3v) is 8.94. The van der Waals surface area contributed by atoms with E-state index in [0.717, 1.165) is 64.4 Å². The maximum atomic E-state index is 13.7. The predicted octanol–water partition coefficient (Wildman–Crippen LogP) is 7.46. The average molecular weight is 607 g/mol. The van der Waals surface area contributed by atoms with Crippen LogP contribution in [-0.2, 0) is 11.8 Å². The lowest BCUT2D eigenvalue weighted by atomic mass is 9.96. The fourth-order valence-corrected chi connectivity index (χ4v) is 6.12. The van der Waals surface area contributed by atoms with Gasteiger partial charge in [-0.1, -0.05) is 38.1 Å². The lowest BCUT2D eigenvalue weighted by molar-refractivity contribution is 0.102. The van der Waals surface area contributed by atoms with Crippen LogP contribution >= 0.6 is 10.5 Å². The van der Waals surface area contributed by atoms with E-state index in [9.17, 15) is 4.79 Å². The molecule has 0 aliphatic heterocycles. The van der Waals surface area contributed by atoms with Crippen molar-refractivity contribution in [3.63, 3.8) is 0 Å². The zero-order valence-corrected chi connectivity index (χ0v) is 26.7. The van der Waals surface area contributed by atoms with Gasteiger partial charge >= 0.3 is 0 Å². The molecule has 1 aliphatic rings. The number of amides is 1. The summed E-state index contributed by atoms with van der Waals surface area (Å²) in [4.78, 5) is 18.4. The normalized spacial score (nSPS) is 14.2. The predicted molar refractivity (Wildman–Crippen MR) is 181 cm³/mol. The van der Waals surface area contributed by atoms with E-state index in [1.165, 1.54) is 0 Å². The lowest BCUT2D eigenvalue weighted by Crippen LogP contribution is -2.15. The molecule has 3 aromatic carbocycles. The van der Waals surface area contributed by atoms with E-state index < -0.39 is 10.5 Å². The summed E-state index contributed by atoms with van der Waals surface area (Å²) in [6, 6.07) is 19.9. The highest BCUT2D eigenvalue weighted by molar-refractivity contribution is 8.07. The number of aryl methyl sites for hydroxylation is 1. The molecule has 0 saturated heterocycles. The number of imidazole rings is 1. The zero-order chi connectivity index (χ0) is 31.0. The Morgan fingerprint density at radius 1 is 1.11 bits per heavy atom. The van der Waals surface area contributed by atoms with Gasteiger partial charge in [-0.3, -0.25) is 4.79 Å². The molecular weight excluding hydrogens is 568 g/mol. The molecule has 0 spiro atoms. The van der Waals surface area contributed by atoms with Gasteiger partial charge in [0, 0.05) is 17.3 Å². The third-order valence-electron chi connectivity index (χ3n) is 8.35. The molecule has 0 radical (unpaired) electrons. The highest BCUT2D eigenvalue weighted by Crippen LogP contribution is 2.51. The van der Waals surface area contributed by atoms with Crippen molar-refractivity contribution in [2.75, 3.05) is 23.4 Å². The second-order valence-electron chi connectivity index (χ2n) is 11.6. The van der Waals surface area contributed by atoms with Crippen molar-refractivity contribution in [3.8, 4) is 34.1 Å². The zero-order valence-electron chi connectivity index (χ0n) is 25.8. The molecule has 9 heteroatoms. The van der Waals surface area contributed by atoms with E-state index in [1.807, 2.05) is 89.4 Å². The highest BCUT2D eigenvalue weighted by atomic mass is 32.2. The van der Waals surface area contributed by atoms with Crippen LogP contribution in [0.5, 0.6) is 5.75 Å². The first-order valence-electron chi connectivity index (χ1n) is 14.8. The molecule has 226 valence electrons. The van der Waals surface area contributed by atoms with Crippen LogP contribution in [-0.4, -0.2) is 38.6 Å². The van der Waals surface area contributed by atoms with Crippen LogP contribution in [0.2, 0.25) is 0 Å². The van der Waals surface area contributed by atoms with Crippen molar-refractivity contribution in [3.05, 3.63) is 102 Å². The Morgan fingerprint density at radius 2 is 1.86 bits per heavy atom. The molecule has 1 amide bonds. The minimum atomic E-state index is -0.923. The van der Waals surface area contributed by atoms with Gasteiger partial charge < -0.3 is 19.3 Å². The molecule has 0 bridgehead atoms. The molecule has 2 heterocycles. The summed E-state index contributed by atoms with van der Waals surface area (Å²) in [5.41, 5.74) is 15.1. The summed E-state index contributed by atoms with van der Waals surface area (Å²) < 4.78 is 13.0. The maximum absolute atomic E-state index is 13.7. The minimum Gasteiger partial charge on any atom is -0.492 e. The molecule has 8 nitrogen and oxygen atoms in total. The largest absolute Gasteiger partial charge is 0.492 e. The number of rotatable bonds is 9. The van der Waals surface area contributed by atoms with E-state index in [4.69, 9.17) is 15.4 Å². The minimum absolute atomic E-state index is 0.0959. The number of thiol groups is 1. The fraction of sp³-hybridized carbons (Fsp3) is 0.257. The molecule has 44 heavy (non-hydrogen) atoms. The van der Waals surface area contributed by atoms with Crippen LogP contribution in [0.1, 0.15) is 53.9 Å². The SMILES string of the molecule is C#[SH](C)Nc1cc(C2(C)CC2)cc(NC(=O)c2ccc(C)c(-n3cnc(-c4cnn(-c5ccccc5)c4CC)c3)c2)c1OC. The smallest absolute Gasteiger partial charge is 0.255 e. The second-order valence-corrected chi connectivity index (χ2v) is 13.1. The number of para-hydroxylation sites is 1. The topological polar surface area (TPSA) is 86.0 Å². The number of methoxy groups -OCH3 is 1. The third kappa shape index (κ3) is 5.64. The Bertz CT molecular complexity index is 1930. The van der Waals surface area contributed by atoms with Crippen molar-refractivity contribution in [1.82, 2.24) is 19.3 Å². The molecule has 1 unspecified atom stereocenters. The summed E-state index contributed by atoms with van der Waals surface area (Å²) in [5.74, 6) is 0.346. The van der Waals surface area contributed by atoms with E-state index in [2.05, 4.69) is 35.1 Å². The average Bonchev–Trinajstić information content (AvgIpc) is 3.39. The number of aromatic nitrogens is 4. The van der Waals surface area contributed by atoms with Gasteiger partial charge in [-0.25, -0.2) is 9.67 Å². The van der Waals surface area contributed by atoms with Crippen molar-refractivity contribution in [1.29, 1.82) is 0 Å². The van der Waals surface area contributed by atoms with Gasteiger partial charge in [0.2, 0.25) is 0 Å². The van der Waals surface area contributed by atoms with Crippen molar-refractivity contribution in [2.45, 2.75) is 45.4 Å². The van der Waals surface area contributed by atoms with E-state index in [1.54, 1.807) is 13.4 Å². The Balaban J connectivity index is 1.31. The van der Waals surface area contributed by atoms with Crippen molar-refractivity contribution >= 4 is 27.8 Å². The van der Waals surface area contributed by atoms with Crippen LogP contribution in [0, 0.1) is 12.6 Å². The lowest BCUT2D eigenvalue weighted by Gasteiger charge is -2.20. The Labute approximate surface area is 260 Å².